The molecule has 132 valence electrons. The first-order chi connectivity index (χ1) is 12.0. The summed E-state index contributed by atoms with van der Waals surface area (Å²) in [4.78, 5) is 12.8. The number of hydrogen-bond acceptors (Lipinski definition) is 1. The van der Waals surface area contributed by atoms with E-state index in [1.165, 1.54) is 35.1 Å². The van der Waals surface area contributed by atoms with E-state index in [0.29, 0.717) is 24.7 Å². The van der Waals surface area contributed by atoms with Crippen molar-refractivity contribution in [3.8, 4) is 0 Å². The van der Waals surface area contributed by atoms with Crippen LogP contribution in [0.2, 0.25) is 0 Å². The number of piperidine rings is 1. The summed E-state index contributed by atoms with van der Waals surface area (Å²) in [5.41, 5.74) is 5.11. The minimum Gasteiger partial charge on any atom is -0.319 e. The summed E-state index contributed by atoms with van der Waals surface area (Å²) in [6, 6.07) is 17.1. The zero-order valence-corrected chi connectivity index (χ0v) is 15.8. The number of ketones is 1. The second-order valence-corrected chi connectivity index (χ2v) is 8.02. The highest BCUT2D eigenvalue weighted by Crippen LogP contribution is 2.30. The molecule has 2 aromatic carbocycles. The molecule has 2 aromatic rings. The van der Waals surface area contributed by atoms with Crippen LogP contribution in [0, 0.1) is 13.8 Å². The maximum atomic E-state index is 12.8. The van der Waals surface area contributed by atoms with Crippen molar-refractivity contribution >= 4 is 5.78 Å². The monoisotopic (exact) mass is 336 g/mol. The first-order valence-electron chi connectivity index (χ1n) is 9.42. The lowest BCUT2D eigenvalue weighted by atomic mass is 9.89. The molecule has 1 heterocycles. The molecule has 1 saturated heterocycles. The van der Waals surface area contributed by atoms with E-state index in [2.05, 4.69) is 69.4 Å². The van der Waals surface area contributed by atoms with Crippen molar-refractivity contribution in [1.82, 2.24) is 0 Å². The van der Waals surface area contributed by atoms with Gasteiger partial charge in [0.25, 0.3) is 0 Å². The second-order valence-electron chi connectivity index (χ2n) is 8.02. The van der Waals surface area contributed by atoms with Gasteiger partial charge in [-0.15, -0.1) is 0 Å². The van der Waals surface area contributed by atoms with Crippen LogP contribution in [0.4, 0.5) is 0 Å². The molecule has 1 aliphatic rings. The van der Waals surface area contributed by atoms with Crippen molar-refractivity contribution < 1.29 is 9.28 Å². The predicted octanol–water partition coefficient (Wildman–Crippen LogP) is 4.44. The van der Waals surface area contributed by atoms with Gasteiger partial charge in [-0.25, -0.2) is 0 Å². The highest BCUT2D eigenvalue weighted by molar-refractivity contribution is 5.82. The third-order valence-electron chi connectivity index (χ3n) is 5.76. The Morgan fingerprint density at radius 2 is 1.72 bits per heavy atom. The Kier molecular flexibility index (Phi) is 5.39. The summed E-state index contributed by atoms with van der Waals surface area (Å²) in [6.45, 7) is 7.05. The fraction of sp³-hybridized carbons (Fsp3) is 0.435. The van der Waals surface area contributed by atoms with Crippen LogP contribution < -0.4 is 0 Å². The Balaban J connectivity index is 1.67. The minimum atomic E-state index is 0.369. The van der Waals surface area contributed by atoms with Gasteiger partial charge in [-0.1, -0.05) is 48.5 Å². The number of aryl methyl sites for hydroxylation is 2. The summed E-state index contributed by atoms with van der Waals surface area (Å²) < 4.78 is 0.878. The van der Waals surface area contributed by atoms with Crippen molar-refractivity contribution in [2.45, 2.75) is 39.0 Å². The maximum Gasteiger partial charge on any atom is 0.191 e. The van der Waals surface area contributed by atoms with Crippen LogP contribution in [0.1, 0.15) is 41.0 Å². The van der Waals surface area contributed by atoms with E-state index in [0.717, 1.165) is 17.6 Å². The average Bonchev–Trinajstić information content (AvgIpc) is 2.59. The zero-order chi connectivity index (χ0) is 17.9. The summed E-state index contributed by atoms with van der Waals surface area (Å²) in [6.07, 6.45) is 3.01. The number of benzene rings is 2. The summed E-state index contributed by atoms with van der Waals surface area (Å²) in [5.74, 6) is 0.946. The molecule has 25 heavy (non-hydrogen) atoms. The molecule has 2 unspecified atom stereocenters. The first-order valence-corrected chi connectivity index (χ1v) is 9.42. The van der Waals surface area contributed by atoms with Crippen LogP contribution >= 0.6 is 0 Å². The Morgan fingerprint density at radius 1 is 1.04 bits per heavy atom. The molecule has 0 aliphatic carbocycles. The van der Waals surface area contributed by atoms with Crippen molar-refractivity contribution in [3.63, 3.8) is 0 Å². The number of Topliss-reactive ketones (excluding diaryl/α,β-unsaturated/α-hetero) is 1. The normalized spacial score (nSPS) is 23.4. The summed E-state index contributed by atoms with van der Waals surface area (Å²) >= 11 is 0. The maximum absolute atomic E-state index is 12.8. The van der Waals surface area contributed by atoms with Crippen LogP contribution in [0.25, 0.3) is 0 Å². The van der Waals surface area contributed by atoms with Crippen molar-refractivity contribution in [1.29, 1.82) is 0 Å². The molecule has 1 fully saturated rings. The van der Waals surface area contributed by atoms with E-state index in [-0.39, 0.29) is 0 Å². The lowest BCUT2D eigenvalue weighted by Crippen LogP contribution is -2.53. The third-order valence-corrected chi connectivity index (χ3v) is 5.76. The van der Waals surface area contributed by atoms with Crippen molar-refractivity contribution in [2.24, 2.45) is 0 Å². The van der Waals surface area contributed by atoms with Gasteiger partial charge < -0.3 is 4.48 Å². The molecule has 0 radical (unpaired) electrons. The van der Waals surface area contributed by atoms with Gasteiger partial charge in [0.1, 0.15) is 6.54 Å². The zero-order valence-electron chi connectivity index (χ0n) is 15.8. The van der Waals surface area contributed by atoms with Gasteiger partial charge >= 0.3 is 0 Å². The summed E-state index contributed by atoms with van der Waals surface area (Å²) in [5, 5.41) is 0. The number of likely N-dealkylation sites (N-methyl/N-ethyl adjacent to an activating group) is 1. The molecule has 1 aliphatic heterocycles. The smallest absolute Gasteiger partial charge is 0.191 e. The highest BCUT2D eigenvalue weighted by atomic mass is 16.1. The van der Waals surface area contributed by atoms with E-state index in [1.807, 2.05) is 0 Å². The first kappa shape index (κ1) is 17.9. The van der Waals surface area contributed by atoms with Gasteiger partial charge in [0.05, 0.1) is 20.1 Å². The van der Waals surface area contributed by atoms with E-state index in [9.17, 15) is 4.79 Å². The van der Waals surface area contributed by atoms with Gasteiger partial charge in [0.2, 0.25) is 0 Å². The van der Waals surface area contributed by atoms with E-state index >= 15 is 0 Å². The molecule has 2 atom stereocenters. The molecule has 0 amide bonds. The van der Waals surface area contributed by atoms with Crippen molar-refractivity contribution in [3.05, 3.63) is 70.8 Å². The summed E-state index contributed by atoms with van der Waals surface area (Å²) in [7, 11) is 2.26. The Labute approximate surface area is 152 Å². The molecule has 0 N–H and O–H groups in total. The number of carbonyl (C=O) groups excluding carboxylic acids is 1. The number of hydrogen-bond donors (Lipinski definition) is 0. The van der Waals surface area contributed by atoms with Crippen molar-refractivity contribution in [2.75, 3.05) is 26.7 Å². The van der Waals surface area contributed by atoms with Gasteiger partial charge in [-0.3, -0.25) is 4.79 Å². The Bertz CT molecular complexity index is 717. The van der Waals surface area contributed by atoms with Gasteiger partial charge in [0, 0.05) is 12.3 Å². The Hall–Kier alpha value is -1.93. The number of carbonyl (C=O) groups is 1. The number of quaternary nitrogens is 1. The molecule has 0 saturated carbocycles. The minimum absolute atomic E-state index is 0.369. The van der Waals surface area contributed by atoms with E-state index in [1.54, 1.807) is 0 Å². The molecule has 2 heteroatoms. The fourth-order valence-corrected chi connectivity index (χ4v) is 4.38. The molecule has 0 aromatic heterocycles. The van der Waals surface area contributed by atoms with Crippen LogP contribution in [0.15, 0.2) is 48.5 Å². The Morgan fingerprint density at radius 3 is 2.40 bits per heavy atom. The molecular weight excluding hydrogens is 306 g/mol. The second kappa shape index (κ2) is 7.53. The van der Waals surface area contributed by atoms with Gasteiger partial charge in [-0.05, 0) is 48.9 Å². The SMILES string of the molecule is Cc1cccc(C)c1CC(=O)C[N+]1(C)CCCC(c2ccccc2)C1. The molecule has 0 bridgehead atoms. The molecule has 3 rings (SSSR count). The topological polar surface area (TPSA) is 17.1 Å². The van der Waals surface area contributed by atoms with E-state index < -0.39 is 0 Å². The average molecular weight is 336 g/mol. The highest BCUT2D eigenvalue weighted by Gasteiger charge is 2.33. The fourth-order valence-electron chi connectivity index (χ4n) is 4.38. The van der Waals surface area contributed by atoms with Gasteiger partial charge in [0.15, 0.2) is 5.78 Å². The van der Waals surface area contributed by atoms with Crippen LogP contribution in [-0.2, 0) is 11.2 Å². The number of nitrogens with zero attached hydrogens (tertiary/aromatic N) is 1. The van der Waals surface area contributed by atoms with Crippen LogP contribution in [0.3, 0.4) is 0 Å². The van der Waals surface area contributed by atoms with Crippen LogP contribution in [0.5, 0.6) is 0 Å². The molecule has 0 spiro atoms. The largest absolute Gasteiger partial charge is 0.319 e. The molecular formula is C23H30NO+. The molecule has 2 nitrogen and oxygen atoms in total. The standard InChI is InChI=1S/C23H30NO/c1-18-9-7-10-19(2)23(18)15-22(25)17-24(3)14-8-13-21(16-24)20-11-5-4-6-12-20/h4-7,9-12,21H,8,13-17H2,1-3H3/q+1. The number of rotatable bonds is 5. The van der Waals surface area contributed by atoms with E-state index in [4.69, 9.17) is 0 Å². The lowest BCUT2D eigenvalue weighted by Gasteiger charge is -2.41. The number of likely N-dealkylation sites (tertiary alicyclic amines) is 1. The van der Waals surface area contributed by atoms with Crippen LogP contribution in [-0.4, -0.2) is 36.9 Å². The lowest BCUT2D eigenvalue weighted by molar-refractivity contribution is -0.907. The quantitative estimate of drug-likeness (QED) is 0.738. The predicted molar refractivity (Wildman–Crippen MR) is 104 cm³/mol. The van der Waals surface area contributed by atoms with Gasteiger partial charge in [-0.2, -0.15) is 0 Å². The third kappa shape index (κ3) is 4.38.